The molecule has 0 aromatic heterocycles. The van der Waals surface area contributed by atoms with Crippen molar-refractivity contribution in [2.24, 2.45) is 0 Å². The molecule has 0 rings (SSSR count). The largest absolute Gasteiger partial charge is 0.481 e. The van der Waals surface area contributed by atoms with E-state index in [-0.39, 0.29) is 12.3 Å². The fourth-order valence-corrected chi connectivity index (χ4v) is 0. The van der Waals surface area contributed by atoms with Gasteiger partial charge in [-0.3, -0.25) is 19.2 Å². The molecular weight excluding hydrogens is 288 g/mol. The van der Waals surface area contributed by atoms with Gasteiger partial charge in [0.25, 0.3) is 23.9 Å². The maximum absolute atomic E-state index is 9.00. The Morgan fingerprint density at radius 3 is 0.667 bits per heavy atom. The molecule has 0 aliphatic carbocycles. The van der Waals surface area contributed by atoms with Gasteiger partial charge in [-0.1, -0.05) is 6.08 Å². The SMILES string of the molecule is C=CC.CC(=O)O.CC(=O)O.CC(=O)O.CC(=O)O.N.N. The molecule has 0 saturated heterocycles. The number of aliphatic carboxylic acids is 4. The van der Waals surface area contributed by atoms with Crippen molar-refractivity contribution >= 4 is 23.9 Å². The molecule has 0 aromatic carbocycles. The maximum atomic E-state index is 9.00. The lowest BCUT2D eigenvalue weighted by atomic mass is 10.8. The van der Waals surface area contributed by atoms with Crippen molar-refractivity contribution in [1.29, 1.82) is 0 Å². The van der Waals surface area contributed by atoms with Gasteiger partial charge in [-0.05, 0) is 6.92 Å². The number of rotatable bonds is 0. The normalized spacial score (nSPS) is 5.38. The van der Waals surface area contributed by atoms with E-state index in [2.05, 4.69) is 6.58 Å². The number of carboxylic acids is 4. The lowest BCUT2D eigenvalue weighted by molar-refractivity contribution is -0.135. The minimum atomic E-state index is -0.833. The van der Waals surface area contributed by atoms with Crippen LogP contribution in [0.15, 0.2) is 12.7 Å². The third-order valence-electron chi connectivity index (χ3n) is 0. The van der Waals surface area contributed by atoms with Crippen LogP contribution >= 0.6 is 0 Å². The van der Waals surface area contributed by atoms with E-state index >= 15 is 0 Å². The third-order valence-corrected chi connectivity index (χ3v) is 0. The number of allylic oxidation sites excluding steroid dienone is 1. The van der Waals surface area contributed by atoms with Crippen LogP contribution in [0.1, 0.15) is 34.6 Å². The summed E-state index contributed by atoms with van der Waals surface area (Å²) in [6.07, 6.45) is 1.75. The maximum Gasteiger partial charge on any atom is 0.300 e. The molecule has 0 saturated carbocycles. The molecule has 0 aromatic rings. The summed E-state index contributed by atoms with van der Waals surface area (Å²) in [6, 6.07) is 0. The fraction of sp³-hybridized carbons (Fsp3) is 0.455. The minimum Gasteiger partial charge on any atom is -0.481 e. The highest BCUT2D eigenvalue weighted by atomic mass is 16.4. The molecule has 0 spiro atoms. The zero-order valence-electron chi connectivity index (χ0n) is 13.1. The van der Waals surface area contributed by atoms with Gasteiger partial charge >= 0.3 is 0 Å². The Labute approximate surface area is 124 Å². The summed E-state index contributed by atoms with van der Waals surface area (Å²) in [5.41, 5.74) is 0. The van der Waals surface area contributed by atoms with Crippen LogP contribution < -0.4 is 12.3 Å². The van der Waals surface area contributed by atoms with Gasteiger partial charge in [0.2, 0.25) is 0 Å². The Hall–Kier alpha value is -2.46. The summed E-state index contributed by atoms with van der Waals surface area (Å²) in [4.78, 5) is 36.0. The summed E-state index contributed by atoms with van der Waals surface area (Å²) >= 11 is 0. The Morgan fingerprint density at radius 1 is 0.667 bits per heavy atom. The summed E-state index contributed by atoms with van der Waals surface area (Å²) in [7, 11) is 0. The van der Waals surface area contributed by atoms with Gasteiger partial charge in [-0.2, -0.15) is 0 Å². The standard InChI is InChI=1S/C3H6.4C2H4O2.2H3N/c1-3-2;4*1-2(3)4;;/h3H,1H2,2H3;4*1H3,(H,3,4);2*1H3. The molecule has 0 bridgehead atoms. The van der Waals surface area contributed by atoms with E-state index in [1.807, 2.05) is 6.92 Å². The van der Waals surface area contributed by atoms with Crippen molar-refractivity contribution in [2.45, 2.75) is 34.6 Å². The second-order valence-corrected chi connectivity index (χ2v) is 2.48. The minimum absolute atomic E-state index is 0. The van der Waals surface area contributed by atoms with Gasteiger partial charge in [0.05, 0.1) is 0 Å². The lowest BCUT2D eigenvalue weighted by Crippen LogP contribution is -1.78. The van der Waals surface area contributed by atoms with E-state index in [0.29, 0.717) is 0 Å². The molecule has 21 heavy (non-hydrogen) atoms. The smallest absolute Gasteiger partial charge is 0.300 e. The van der Waals surface area contributed by atoms with E-state index in [1.54, 1.807) is 6.08 Å². The van der Waals surface area contributed by atoms with Gasteiger partial charge in [-0.15, -0.1) is 6.58 Å². The Bertz CT molecular complexity index is 203. The predicted molar refractivity (Wildman–Crippen MR) is 79.2 cm³/mol. The highest BCUT2D eigenvalue weighted by Gasteiger charge is 1.66. The molecule has 130 valence electrons. The van der Waals surface area contributed by atoms with E-state index in [1.165, 1.54) is 0 Å². The van der Waals surface area contributed by atoms with E-state index < -0.39 is 23.9 Å². The molecular formula is C11H28N2O8. The van der Waals surface area contributed by atoms with Crippen LogP contribution in [-0.4, -0.2) is 44.3 Å². The molecule has 0 unspecified atom stereocenters. The Kier molecular flexibility index (Phi) is 88.1. The number of hydrogen-bond donors (Lipinski definition) is 6. The molecule has 10 N–H and O–H groups in total. The monoisotopic (exact) mass is 316 g/mol. The van der Waals surface area contributed by atoms with E-state index in [9.17, 15) is 0 Å². The van der Waals surface area contributed by atoms with Crippen molar-refractivity contribution < 1.29 is 39.6 Å². The third kappa shape index (κ3) is 700. The Balaban J connectivity index is -0.0000000229. The summed E-state index contributed by atoms with van der Waals surface area (Å²) in [5, 5.41) is 29.7. The first-order valence-corrected chi connectivity index (χ1v) is 4.70. The second kappa shape index (κ2) is 43.2. The van der Waals surface area contributed by atoms with Crippen LogP contribution in [0.5, 0.6) is 0 Å². The van der Waals surface area contributed by atoms with Crippen LogP contribution in [0, 0.1) is 0 Å². The zero-order valence-corrected chi connectivity index (χ0v) is 13.1. The first-order chi connectivity index (χ1) is 8.34. The van der Waals surface area contributed by atoms with Crippen molar-refractivity contribution in [1.82, 2.24) is 12.3 Å². The van der Waals surface area contributed by atoms with E-state index in [0.717, 1.165) is 27.7 Å². The van der Waals surface area contributed by atoms with Gasteiger partial charge in [0.1, 0.15) is 0 Å². The highest BCUT2D eigenvalue weighted by Crippen LogP contribution is 1.43. The van der Waals surface area contributed by atoms with Gasteiger partial charge < -0.3 is 32.7 Å². The summed E-state index contributed by atoms with van der Waals surface area (Å²) in [5.74, 6) is -3.33. The number of carboxylic acid groups (broad SMARTS) is 4. The van der Waals surface area contributed by atoms with E-state index in [4.69, 9.17) is 39.6 Å². The van der Waals surface area contributed by atoms with Crippen LogP contribution in [0.25, 0.3) is 0 Å². The van der Waals surface area contributed by atoms with Gasteiger partial charge in [-0.25, -0.2) is 0 Å². The number of hydrogen-bond acceptors (Lipinski definition) is 6. The zero-order chi connectivity index (χ0) is 17.0. The topological polar surface area (TPSA) is 219 Å². The molecule has 10 heteroatoms. The van der Waals surface area contributed by atoms with Crippen molar-refractivity contribution in [3.63, 3.8) is 0 Å². The molecule has 0 atom stereocenters. The highest BCUT2D eigenvalue weighted by molar-refractivity contribution is 5.63. The molecule has 0 radical (unpaired) electrons. The Morgan fingerprint density at radius 2 is 0.667 bits per heavy atom. The summed E-state index contributed by atoms with van der Waals surface area (Å²) in [6.45, 7) is 9.58. The van der Waals surface area contributed by atoms with Gasteiger partial charge in [0, 0.05) is 27.7 Å². The van der Waals surface area contributed by atoms with Crippen molar-refractivity contribution in [2.75, 3.05) is 0 Å². The predicted octanol–water partition coefficient (Wildman–Crippen LogP) is 1.88. The average molecular weight is 316 g/mol. The molecule has 0 aliphatic heterocycles. The molecule has 10 nitrogen and oxygen atoms in total. The fourth-order valence-electron chi connectivity index (χ4n) is 0. The number of carbonyl (C=O) groups is 4. The van der Waals surface area contributed by atoms with Crippen molar-refractivity contribution in [3.8, 4) is 0 Å². The second-order valence-electron chi connectivity index (χ2n) is 2.48. The van der Waals surface area contributed by atoms with Gasteiger partial charge in [0.15, 0.2) is 0 Å². The molecule has 0 fully saturated rings. The quantitative estimate of drug-likeness (QED) is 0.356. The molecule has 0 aliphatic rings. The molecule has 0 heterocycles. The van der Waals surface area contributed by atoms with Crippen LogP contribution in [0.2, 0.25) is 0 Å². The first kappa shape index (κ1) is 42.8. The van der Waals surface area contributed by atoms with Crippen LogP contribution in [-0.2, 0) is 19.2 Å². The summed E-state index contributed by atoms with van der Waals surface area (Å²) < 4.78 is 0. The lowest BCUT2D eigenvalue weighted by Gasteiger charge is -1.59. The first-order valence-electron chi connectivity index (χ1n) is 4.70. The van der Waals surface area contributed by atoms with Crippen LogP contribution in [0.3, 0.4) is 0 Å². The van der Waals surface area contributed by atoms with Crippen LogP contribution in [0.4, 0.5) is 0 Å². The average Bonchev–Trinajstić information content (AvgIpc) is 1.97. The van der Waals surface area contributed by atoms with Crippen molar-refractivity contribution in [3.05, 3.63) is 12.7 Å². The molecule has 0 amide bonds.